The molecule has 0 aromatic heterocycles. The lowest BCUT2D eigenvalue weighted by Crippen LogP contribution is -2.62. The maximum absolute atomic E-state index is 2.58. The van der Waals surface area contributed by atoms with Gasteiger partial charge in [-0.3, -0.25) is 0 Å². The standard InChI is InChI=1S/C46H53BN2/c1-28-14-18-37(30(3)22-28)48-39-20-16-32(44(5,6)7)24-35(39)47-36-25-33(45(8,9)10)17-21-40(36)49(38-19-15-29(2)23-31(38)4)42-27-34(46(11,12)13)26-41(48)43(42)47/h14-27H,1-13H3. The fourth-order valence-electron chi connectivity index (χ4n) is 8.00. The number of hydrogen-bond acceptors (Lipinski definition) is 2. The molecule has 5 aromatic rings. The van der Waals surface area contributed by atoms with Gasteiger partial charge in [0, 0.05) is 34.1 Å². The molecule has 0 N–H and O–H groups in total. The molecule has 0 aliphatic carbocycles. The van der Waals surface area contributed by atoms with Crippen molar-refractivity contribution in [1.29, 1.82) is 0 Å². The van der Waals surface area contributed by atoms with Crippen LogP contribution in [0.5, 0.6) is 0 Å². The smallest absolute Gasteiger partial charge is 0.252 e. The Hall–Kier alpha value is -4.24. The largest absolute Gasteiger partial charge is 0.311 e. The summed E-state index contributed by atoms with van der Waals surface area (Å²) in [5.74, 6) is 0. The molecule has 250 valence electrons. The van der Waals surface area contributed by atoms with Crippen molar-refractivity contribution in [2.45, 2.75) is 106 Å². The summed E-state index contributed by atoms with van der Waals surface area (Å²) in [6.07, 6.45) is 0. The number of benzene rings is 5. The molecule has 0 saturated heterocycles. The highest BCUT2D eigenvalue weighted by Gasteiger charge is 2.45. The van der Waals surface area contributed by atoms with Gasteiger partial charge >= 0.3 is 0 Å². The quantitative estimate of drug-likeness (QED) is 0.173. The van der Waals surface area contributed by atoms with E-state index in [4.69, 9.17) is 0 Å². The molecule has 2 aliphatic heterocycles. The van der Waals surface area contributed by atoms with Crippen molar-refractivity contribution in [3.63, 3.8) is 0 Å². The normalized spacial score (nSPS) is 14.1. The summed E-state index contributed by atoms with van der Waals surface area (Å²) < 4.78 is 0. The summed E-state index contributed by atoms with van der Waals surface area (Å²) in [6.45, 7) is 30.1. The van der Waals surface area contributed by atoms with E-state index in [9.17, 15) is 0 Å². The van der Waals surface area contributed by atoms with E-state index in [0.29, 0.717) is 0 Å². The van der Waals surface area contributed by atoms with Crippen molar-refractivity contribution >= 4 is 57.2 Å². The minimum Gasteiger partial charge on any atom is -0.311 e. The van der Waals surface area contributed by atoms with E-state index >= 15 is 0 Å². The molecule has 2 aliphatic rings. The van der Waals surface area contributed by atoms with E-state index < -0.39 is 0 Å². The fraction of sp³-hybridized carbons (Fsp3) is 0.348. The molecule has 2 heterocycles. The topological polar surface area (TPSA) is 6.48 Å². The molecular formula is C46H53BN2. The lowest BCUT2D eigenvalue weighted by molar-refractivity contribution is 0.590. The number of anilines is 6. The molecule has 3 heteroatoms. The monoisotopic (exact) mass is 644 g/mol. The predicted octanol–water partition coefficient (Wildman–Crippen LogP) is 10.9. The van der Waals surface area contributed by atoms with Crippen LogP contribution in [0.3, 0.4) is 0 Å². The second kappa shape index (κ2) is 11.1. The maximum Gasteiger partial charge on any atom is 0.252 e. The Labute approximate surface area is 296 Å². The van der Waals surface area contributed by atoms with Crippen LogP contribution in [0.2, 0.25) is 0 Å². The van der Waals surface area contributed by atoms with Gasteiger partial charge in [-0.25, -0.2) is 0 Å². The Balaban J connectivity index is 1.68. The van der Waals surface area contributed by atoms with Crippen LogP contribution in [0.4, 0.5) is 34.1 Å². The molecule has 0 unspecified atom stereocenters. The summed E-state index contributed by atoms with van der Waals surface area (Å²) in [5.41, 5.74) is 21.0. The zero-order chi connectivity index (χ0) is 35.4. The van der Waals surface area contributed by atoms with E-state index in [-0.39, 0.29) is 23.0 Å². The minimum absolute atomic E-state index is 0.0225. The van der Waals surface area contributed by atoms with Crippen molar-refractivity contribution in [3.05, 3.63) is 124 Å². The molecule has 5 aromatic carbocycles. The average molecular weight is 645 g/mol. The molecule has 0 radical (unpaired) electrons. The molecule has 7 rings (SSSR count). The van der Waals surface area contributed by atoms with Gasteiger partial charge < -0.3 is 9.80 Å². The summed E-state index contributed by atoms with van der Waals surface area (Å²) in [7, 11) is 0. The molecule has 0 amide bonds. The van der Waals surface area contributed by atoms with Gasteiger partial charge in [0.1, 0.15) is 0 Å². The van der Waals surface area contributed by atoms with E-state index in [1.807, 2.05) is 0 Å². The molecule has 49 heavy (non-hydrogen) atoms. The molecule has 0 atom stereocenters. The minimum atomic E-state index is -0.0459. The molecule has 0 saturated carbocycles. The van der Waals surface area contributed by atoms with E-state index in [1.54, 1.807) is 0 Å². The third-order valence-corrected chi connectivity index (χ3v) is 10.9. The van der Waals surface area contributed by atoms with Crippen LogP contribution in [0.15, 0.2) is 84.9 Å². The van der Waals surface area contributed by atoms with Gasteiger partial charge in [-0.2, -0.15) is 0 Å². The van der Waals surface area contributed by atoms with Gasteiger partial charge in [0.15, 0.2) is 0 Å². The third-order valence-electron chi connectivity index (χ3n) is 10.9. The van der Waals surface area contributed by atoms with Gasteiger partial charge in [-0.15, -0.1) is 0 Å². The first-order chi connectivity index (χ1) is 22.8. The summed E-state index contributed by atoms with van der Waals surface area (Å²) in [4.78, 5) is 5.17. The second-order valence-electron chi connectivity index (χ2n) is 17.9. The first kappa shape index (κ1) is 33.3. The first-order valence-electron chi connectivity index (χ1n) is 18.1. The van der Waals surface area contributed by atoms with E-state index in [2.05, 4.69) is 185 Å². The maximum atomic E-state index is 2.58. The number of hydrogen-bond donors (Lipinski definition) is 0. The van der Waals surface area contributed by atoms with Crippen LogP contribution in [-0.2, 0) is 16.2 Å². The Bertz CT molecular complexity index is 1990. The van der Waals surface area contributed by atoms with Gasteiger partial charge in [-0.05, 0) is 125 Å². The summed E-state index contributed by atoms with van der Waals surface area (Å²) >= 11 is 0. The number of nitrogens with zero attached hydrogens (tertiary/aromatic N) is 2. The second-order valence-corrected chi connectivity index (χ2v) is 17.9. The van der Waals surface area contributed by atoms with Crippen LogP contribution in [0.1, 0.15) is 101 Å². The zero-order valence-electron chi connectivity index (χ0n) is 32.1. The van der Waals surface area contributed by atoms with E-state index in [0.717, 1.165) is 0 Å². The molecular weight excluding hydrogens is 591 g/mol. The zero-order valence-corrected chi connectivity index (χ0v) is 32.1. The fourth-order valence-corrected chi connectivity index (χ4v) is 8.00. The predicted molar refractivity (Wildman–Crippen MR) is 216 cm³/mol. The molecule has 0 fully saturated rings. The van der Waals surface area contributed by atoms with Crippen molar-refractivity contribution in [1.82, 2.24) is 0 Å². The highest BCUT2D eigenvalue weighted by atomic mass is 15.2. The Morgan fingerprint density at radius 2 is 0.755 bits per heavy atom. The van der Waals surface area contributed by atoms with Crippen LogP contribution in [-0.4, -0.2) is 6.71 Å². The van der Waals surface area contributed by atoms with Gasteiger partial charge in [0.2, 0.25) is 0 Å². The Morgan fingerprint density at radius 1 is 0.388 bits per heavy atom. The van der Waals surface area contributed by atoms with Gasteiger partial charge in [0.25, 0.3) is 6.71 Å². The molecule has 2 nitrogen and oxygen atoms in total. The lowest BCUT2D eigenvalue weighted by atomic mass is 9.33. The Morgan fingerprint density at radius 3 is 1.10 bits per heavy atom. The summed E-state index contributed by atoms with van der Waals surface area (Å²) in [5, 5.41) is 0. The van der Waals surface area contributed by atoms with Gasteiger partial charge in [-0.1, -0.05) is 122 Å². The summed E-state index contributed by atoms with van der Waals surface area (Å²) in [6, 6.07) is 33.5. The molecule has 0 spiro atoms. The van der Waals surface area contributed by atoms with Gasteiger partial charge in [0.05, 0.1) is 0 Å². The highest BCUT2D eigenvalue weighted by Crippen LogP contribution is 2.48. The van der Waals surface area contributed by atoms with Crippen molar-refractivity contribution in [2.24, 2.45) is 0 Å². The SMILES string of the molecule is Cc1ccc(N2c3ccc(C(C)(C)C)cc3B3c4cc(C(C)(C)C)ccc4N(c4ccc(C)cc4C)c4cc(C(C)(C)C)cc2c43)c(C)c1. The number of fused-ring (bicyclic) bond motifs is 4. The van der Waals surface area contributed by atoms with Crippen molar-refractivity contribution in [3.8, 4) is 0 Å². The average Bonchev–Trinajstić information content (AvgIpc) is 3.00. The number of rotatable bonds is 2. The van der Waals surface area contributed by atoms with Crippen molar-refractivity contribution in [2.75, 3.05) is 9.80 Å². The first-order valence-corrected chi connectivity index (χ1v) is 18.1. The number of aryl methyl sites for hydroxylation is 4. The van der Waals surface area contributed by atoms with Crippen LogP contribution in [0, 0.1) is 27.7 Å². The third kappa shape index (κ3) is 5.50. The van der Waals surface area contributed by atoms with Crippen LogP contribution >= 0.6 is 0 Å². The highest BCUT2D eigenvalue weighted by molar-refractivity contribution is 7.00. The lowest BCUT2D eigenvalue weighted by Gasteiger charge is -2.46. The van der Waals surface area contributed by atoms with E-state index in [1.165, 1.54) is 89.5 Å². The van der Waals surface area contributed by atoms with Crippen LogP contribution in [0.25, 0.3) is 0 Å². The van der Waals surface area contributed by atoms with Crippen LogP contribution < -0.4 is 26.2 Å². The van der Waals surface area contributed by atoms with Crippen molar-refractivity contribution < 1.29 is 0 Å². The Kier molecular flexibility index (Phi) is 7.56. The molecule has 0 bridgehead atoms.